The largest absolute Gasteiger partial charge is 0.494 e. The lowest BCUT2D eigenvalue weighted by molar-refractivity contribution is -0.141. The van der Waals surface area contributed by atoms with E-state index in [0.717, 1.165) is 16.9 Å². The third-order valence-corrected chi connectivity index (χ3v) is 4.81. The Morgan fingerprint density at radius 2 is 1.77 bits per heavy atom. The van der Waals surface area contributed by atoms with Crippen LogP contribution in [0.3, 0.4) is 0 Å². The molecule has 26 heavy (non-hydrogen) atoms. The first-order chi connectivity index (χ1) is 12.6. The van der Waals surface area contributed by atoms with Gasteiger partial charge in [-0.3, -0.25) is 9.59 Å². The van der Waals surface area contributed by atoms with E-state index >= 15 is 0 Å². The van der Waals surface area contributed by atoms with Gasteiger partial charge in [0.05, 0.1) is 18.9 Å². The fraction of sp³-hybridized carbons (Fsp3) is 0.333. The monoisotopic (exact) mass is 353 g/mol. The number of carboxylic acids is 1. The molecule has 1 aliphatic rings. The molecule has 1 heterocycles. The lowest BCUT2D eigenvalue weighted by Gasteiger charge is -2.17. The van der Waals surface area contributed by atoms with Crippen molar-refractivity contribution in [1.82, 2.24) is 4.90 Å². The van der Waals surface area contributed by atoms with Crippen LogP contribution >= 0.6 is 0 Å². The molecule has 5 nitrogen and oxygen atoms in total. The van der Waals surface area contributed by atoms with E-state index in [2.05, 4.69) is 0 Å². The van der Waals surface area contributed by atoms with Crippen molar-refractivity contribution >= 4 is 11.9 Å². The molecule has 1 amide bonds. The minimum atomic E-state index is -0.852. The second kappa shape index (κ2) is 8.04. The number of hydrogen-bond donors (Lipinski definition) is 1. The first-order valence-corrected chi connectivity index (χ1v) is 8.85. The predicted octanol–water partition coefficient (Wildman–Crippen LogP) is 2.95. The van der Waals surface area contributed by atoms with Crippen LogP contribution in [0.5, 0.6) is 5.75 Å². The van der Waals surface area contributed by atoms with E-state index in [-0.39, 0.29) is 24.8 Å². The van der Waals surface area contributed by atoms with Crippen molar-refractivity contribution in [2.75, 3.05) is 19.7 Å². The summed E-state index contributed by atoms with van der Waals surface area (Å²) in [5, 5.41) is 9.56. The molecule has 1 fully saturated rings. The molecule has 1 saturated heterocycles. The number of carboxylic acid groups (broad SMARTS) is 1. The second-order valence-electron chi connectivity index (χ2n) is 6.51. The number of likely N-dealkylation sites (tertiary alicyclic amines) is 1. The van der Waals surface area contributed by atoms with Crippen molar-refractivity contribution in [2.45, 2.75) is 19.3 Å². The van der Waals surface area contributed by atoms with Gasteiger partial charge in [-0.1, -0.05) is 42.5 Å². The second-order valence-corrected chi connectivity index (χ2v) is 6.51. The fourth-order valence-corrected chi connectivity index (χ4v) is 3.45. The van der Waals surface area contributed by atoms with E-state index in [4.69, 9.17) is 4.74 Å². The van der Waals surface area contributed by atoms with Crippen molar-refractivity contribution in [3.8, 4) is 5.75 Å². The Morgan fingerprint density at radius 1 is 1.08 bits per heavy atom. The van der Waals surface area contributed by atoms with Crippen LogP contribution in [-0.4, -0.2) is 41.6 Å². The number of benzene rings is 2. The molecule has 5 heteroatoms. The first-order valence-electron chi connectivity index (χ1n) is 8.85. The minimum Gasteiger partial charge on any atom is -0.494 e. The van der Waals surface area contributed by atoms with Gasteiger partial charge in [-0.05, 0) is 30.2 Å². The zero-order valence-corrected chi connectivity index (χ0v) is 14.8. The van der Waals surface area contributed by atoms with Crippen molar-refractivity contribution in [3.63, 3.8) is 0 Å². The van der Waals surface area contributed by atoms with Crippen LogP contribution in [0.4, 0.5) is 0 Å². The van der Waals surface area contributed by atoms with E-state index in [1.807, 2.05) is 61.5 Å². The summed E-state index contributed by atoms with van der Waals surface area (Å²) in [5.41, 5.74) is 1.87. The maximum Gasteiger partial charge on any atom is 0.308 e. The molecule has 2 aromatic rings. The number of aliphatic carboxylic acids is 1. The van der Waals surface area contributed by atoms with E-state index in [1.165, 1.54) is 0 Å². The Kier molecular flexibility index (Phi) is 5.56. The molecular weight excluding hydrogens is 330 g/mol. The zero-order chi connectivity index (χ0) is 18.5. The Balaban J connectivity index is 1.69. The summed E-state index contributed by atoms with van der Waals surface area (Å²) in [6.07, 6.45) is 0.264. The highest BCUT2D eigenvalue weighted by Crippen LogP contribution is 2.33. The summed E-state index contributed by atoms with van der Waals surface area (Å²) in [6.45, 7) is 3.22. The van der Waals surface area contributed by atoms with Crippen molar-refractivity contribution in [3.05, 3.63) is 65.7 Å². The summed E-state index contributed by atoms with van der Waals surface area (Å²) in [4.78, 5) is 26.0. The quantitative estimate of drug-likeness (QED) is 0.867. The molecule has 3 rings (SSSR count). The first kappa shape index (κ1) is 18.0. The average Bonchev–Trinajstić information content (AvgIpc) is 3.10. The van der Waals surface area contributed by atoms with E-state index in [1.54, 1.807) is 4.90 Å². The summed E-state index contributed by atoms with van der Waals surface area (Å²) >= 11 is 0. The number of ether oxygens (including phenoxy) is 1. The SMILES string of the molecule is CCOc1ccc(CC(=O)N2C[C@H](C(=O)O)[C@H](c3ccccc3)C2)cc1. The number of carbonyl (C=O) groups is 2. The minimum absolute atomic E-state index is 0.0427. The highest BCUT2D eigenvalue weighted by Gasteiger charge is 2.40. The molecule has 1 aliphatic heterocycles. The van der Waals surface area contributed by atoms with Gasteiger partial charge in [0.15, 0.2) is 0 Å². The summed E-state index contributed by atoms with van der Waals surface area (Å²) in [6, 6.07) is 17.0. The number of amides is 1. The van der Waals surface area contributed by atoms with E-state index < -0.39 is 11.9 Å². The Labute approximate surface area is 153 Å². The number of hydrogen-bond acceptors (Lipinski definition) is 3. The molecule has 136 valence electrons. The van der Waals surface area contributed by atoms with Gasteiger partial charge in [-0.15, -0.1) is 0 Å². The van der Waals surface area contributed by atoms with Crippen LogP contribution in [0.25, 0.3) is 0 Å². The summed E-state index contributed by atoms with van der Waals surface area (Å²) in [5.74, 6) is -0.853. The molecule has 1 N–H and O–H groups in total. The molecule has 0 aromatic heterocycles. The normalized spacial score (nSPS) is 19.3. The lowest BCUT2D eigenvalue weighted by Crippen LogP contribution is -2.31. The molecule has 0 aliphatic carbocycles. The van der Waals surface area contributed by atoms with Gasteiger partial charge in [-0.25, -0.2) is 0 Å². The third kappa shape index (κ3) is 4.04. The molecule has 0 saturated carbocycles. The van der Waals surface area contributed by atoms with Crippen LogP contribution in [-0.2, 0) is 16.0 Å². The molecule has 0 spiro atoms. The van der Waals surface area contributed by atoms with Gasteiger partial charge in [0.1, 0.15) is 5.75 Å². The molecule has 0 bridgehead atoms. The van der Waals surface area contributed by atoms with Crippen LogP contribution in [0.1, 0.15) is 24.0 Å². The maximum absolute atomic E-state index is 12.7. The van der Waals surface area contributed by atoms with E-state index in [0.29, 0.717) is 13.2 Å². The fourth-order valence-electron chi connectivity index (χ4n) is 3.45. The van der Waals surface area contributed by atoms with Gasteiger partial charge < -0.3 is 14.7 Å². The van der Waals surface area contributed by atoms with Gasteiger partial charge >= 0.3 is 5.97 Å². The topological polar surface area (TPSA) is 66.8 Å². The van der Waals surface area contributed by atoms with Crippen LogP contribution in [0, 0.1) is 5.92 Å². The smallest absolute Gasteiger partial charge is 0.308 e. The lowest BCUT2D eigenvalue weighted by atomic mass is 9.89. The molecule has 2 aromatic carbocycles. The number of rotatable bonds is 6. The predicted molar refractivity (Wildman–Crippen MR) is 98.2 cm³/mol. The van der Waals surface area contributed by atoms with E-state index in [9.17, 15) is 14.7 Å². The average molecular weight is 353 g/mol. The molecular formula is C21H23NO4. The highest BCUT2D eigenvalue weighted by atomic mass is 16.5. The van der Waals surface area contributed by atoms with Crippen molar-refractivity contribution < 1.29 is 19.4 Å². The maximum atomic E-state index is 12.7. The molecule has 0 radical (unpaired) electrons. The number of carbonyl (C=O) groups excluding carboxylic acids is 1. The van der Waals surface area contributed by atoms with Crippen molar-refractivity contribution in [1.29, 1.82) is 0 Å². The zero-order valence-electron chi connectivity index (χ0n) is 14.8. The number of nitrogens with zero attached hydrogens (tertiary/aromatic N) is 1. The van der Waals surface area contributed by atoms with Gasteiger partial charge in [0.25, 0.3) is 0 Å². The van der Waals surface area contributed by atoms with Gasteiger partial charge in [0.2, 0.25) is 5.91 Å². The summed E-state index contributed by atoms with van der Waals surface area (Å²) in [7, 11) is 0. The summed E-state index contributed by atoms with van der Waals surface area (Å²) < 4.78 is 5.41. The Morgan fingerprint density at radius 3 is 2.38 bits per heavy atom. The van der Waals surface area contributed by atoms with Gasteiger partial charge in [0, 0.05) is 19.0 Å². The standard InChI is InChI=1S/C21H23NO4/c1-2-26-17-10-8-15(9-11-17)12-20(23)22-13-18(19(14-22)21(24)25)16-6-4-3-5-7-16/h3-11,18-19H,2,12-14H2,1H3,(H,24,25)/t18-,19-/m0/s1. The van der Waals surface area contributed by atoms with Crippen molar-refractivity contribution in [2.24, 2.45) is 5.92 Å². The van der Waals surface area contributed by atoms with Crippen LogP contribution in [0.2, 0.25) is 0 Å². The van der Waals surface area contributed by atoms with Gasteiger partial charge in [-0.2, -0.15) is 0 Å². The van der Waals surface area contributed by atoms with Crippen LogP contribution in [0.15, 0.2) is 54.6 Å². The van der Waals surface area contributed by atoms with Crippen LogP contribution < -0.4 is 4.74 Å². The highest BCUT2D eigenvalue weighted by molar-refractivity contribution is 5.81. The Bertz CT molecular complexity index is 757. The Hall–Kier alpha value is -2.82. The third-order valence-electron chi connectivity index (χ3n) is 4.81. The molecule has 2 atom stereocenters. The molecule has 0 unspecified atom stereocenters.